The molecular weight excluding hydrogens is 288 g/mol. The molecule has 2 heterocycles. The van der Waals surface area contributed by atoms with Crippen LogP contribution < -0.4 is 0 Å². The summed E-state index contributed by atoms with van der Waals surface area (Å²) in [6, 6.07) is 0. The molecule has 4 rings (SSSR count). The lowest BCUT2D eigenvalue weighted by molar-refractivity contribution is -0.173. The number of carbonyl (C=O) groups is 1. The van der Waals surface area contributed by atoms with Gasteiger partial charge in [-0.3, -0.25) is 4.79 Å². The van der Waals surface area contributed by atoms with Gasteiger partial charge in [0.25, 0.3) is 0 Å². The lowest BCUT2D eigenvalue weighted by Gasteiger charge is -2.48. The summed E-state index contributed by atoms with van der Waals surface area (Å²) in [7, 11) is 0. The van der Waals surface area contributed by atoms with Gasteiger partial charge in [-0.05, 0) is 62.9 Å². The minimum absolute atomic E-state index is 0.142. The van der Waals surface area contributed by atoms with E-state index in [0.717, 1.165) is 19.3 Å². The van der Waals surface area contributed by atoms with Crippen molar-refractivity contribution in [2.24, 2.45) is 23.7 Å². The minimum atomic E-state index is -0.346. The van der Waals surface area contributed by atoms with Gasteiger partial charge in [0.05, 0.1) is 12.2 Å². The van der Waals surface area contributed by atoms with Crippen molar-refractivity contribution >= 4 is 5.97 Å². The van der Waals surface area contributed by atoms with Crippen LogP contribution in [0.15, 0.2) is 11.1 Å². The second kappa shape index (κ2) is 5.34. The van der Waals surface area contributed by atoms with Gasteiger partial charge in [-0.2, -0.15) is 0 Å². The average Bonchev–Trinajstić information content (AvgIpc) is 3.03. The molecule has 0 spiro atoms. The summed E-state index contributed by atoms with van der Waals surface area (Å²) in [4.78, 5) is 11.7. The first-order valence-electron chi connectivity index (χ1n) is 9.46. The van der Waals surface area contributed by atoms with Crippen LogP contribution in [0.3, 0.4) is 0 Å². The maximum absolute atomic E-state index is 11.7. The molecule has 2 bridgehead atoms. The SMILES string of the molecule is CC(=O)O[C@]1(C)CC[C@H](C(C)C)[C@@H]2[C@H]1[C@H]1CC3=C(CCC3)[C@@H]2O1. The number of hydrogen-bond donors (Lipinski definition) is 0. The molecule has 0 aromatic carbocycles. The summed E-state index contributed by atoms with van der Waals surface area (Å²) in [6.45, 7) is 8.41. The number of hydrogen-bond acceptors (Lipinski definition) is 3. The molecule has 2 aliphatic heterocycles. The molecule has 1 saturated carbocycles. The van der Waals surface area contributed by atoms with E-state index in [1.165, 1.54) is 19.3 Å². The summed E-state index contributed by atoms with van der Waals surface area (Å²) in [5.74, 6) is 2.10. The van der Waals surface area contributed by atoms with Crippen LogP contribution >= 0.6 is 0 Å². The maximum Gasteiger partial charge on any atom is 0.303 e. The largest absolute Gasteiger partial charge is 0.459 e. The van der Waals surface area contributed by atoms with Gasteiger partial charge in [0, 0.05) is 18.8 Å². The van der Waals surface area contributed by atoms with Crippen molar-refractivity contribution < 1.29 is 14.3 Å². The van der Waals surface area contributed by atoms with E-state index in [1.54, 1.807) is 18.1 Å². The first kappa shape index (κ1) is 15.7. The minimum Gasteiger partial charge on any atom is -0.459 e. The first-order valence-corrected chi connectivity index (χ1v) is 9.46. The van der Waals surface area contributed by atoms with Gasteiger partial charge >= 0.3 is 5.97 Å². The normalized spacial score (nSPS) is 45.2. The van der Waals surface area contributed by atoms with E-state index in [9.17, 15) is 4.79 Å². The van der Waals surface area contributed by atoms with Crippen molar-refractivity contribution in [3.05, 3.63) is 11.1 Å². The van der Waals surface area contributed by atoms with Gasteiger partial charge in [0.15, 0.2) is 0 Å². The molecule has 0 unspecified atom stereocenters. The van der Waals surface area contributed by atoms with Crippen LogP contribution in [-0.2, 0) is 14.3 Å². The van der Waals surface area contributed by atoms with E-state index in [4.69, 9.17) is 9.47 Å². The summed E-state index contributed by atoms with van der Waals surface area (Å²) in [5.41, 5.74) is 2.95. The van der Waals surface area contributed by atoms with Crippen molar-refractivity contribution in [2.75, 3.05) is 0 Å². The fourth-order valence-corrected chi connectivity index (χ4v) is 6.27. The zero-order valence-electron chi connectivity index (χ0n) is 14.9. The van der Waals surface area contributed by atoms with Crippen LogP contribution in [0.5, 0.6) is 0 Å². The van der Waals surface area contributed by atoms with E-state index in [0.29, 0.717) is 29.8 Å². The fraction of sp³-hybridized carbons (Fsp3) is 0.850. The van der Waals surface area contributed by atoms with Crippen LogP contribution in [-0.4, -0.2) is 23.8 Å². The second-order valence-electron chi connectivity index (χ2n) is 8.74. The van der Waals surface area contributed by atoms with Crippen LogP contribution in [0.4, 0.5) is 0 Å². The highest BCUT2D eigenvalue weighted by Crippen LogP contribution is 2.59. The quantitative estimate of drug-likeness (QED) is 0.564. The van der Waals surface area contributed by atoms with Crippen molar-refractivity contribution in [1.29, 1.82) is 0 Å². The third kappa shape index (κ3) is 2.30. The Morgan fingerprint density at radius 2 is 2.13 bits per heavy atom. The predicted octanol–water partition coefficient (Wildman–Crippen LogP) is 4.26. The third-order valence-electron chi connectivity index (χ3n) is 7.06. The van der Waals surface area contributed by atoms with E-state index in [2.05, 4.69) is 20.8 Å². The number of fused-ring (bicyclic) bond motifs is 6. The van der Waals surface area contributed by atoms with E-state index in [1.807, 2.05) is 0 Å². The second-order valence-corrected chi connectivity index (χ2v) is 8.74. The van der Waals surface area contributed by atoms with Crippen LogP contribution in [0, 0.1) is 23.7 Å². The molecule has 0 aromatic heterocycles. The molecule has 6 atom stereocenters. The Morgan fingerprint density at radius 3 is 2.83 bits per heavy atom. The third-order valence-corrected chi connectivity index (χ3v) is 7.06. The molecule has 0 aromatic rings. The molecule has 2 aliphatic carbocycles. The summed E-state index contributed by atoms with van der Waals surface area (Å²) >= 11 is 0. The maximum atomic E-state index is 11.7. The van der Waals surface area contributed by atoms with Crippen LogP contribution in [0.2, 0.25) is 0 Å². The van der Waals surface area contributed by atoms with Gasteiger partial charge in [-0.25, -0.2) is 0 Å². The molecule has 23 heavy (non-hydrogen) atoms. The zero-order valence-corrected chi connectivity index (χ0v) is 14.9. The van der Waals surface area contributed by atoms with Gasteiger partial charge in [0.1, 0.15) is 5.60 Å². The van der Waals surface area contributed by atoms with Crippen molar-refractivity contribution in [3.8, 4) is 0 Å². The molecule has 2 fully saturated rings. The van der Waals surface area contributed by atoms with E-state index >= 15 is 0 Å². The molecule has 3 nitrogen and oxygen atoms in total. The zero-order chi connectivity index (χ0) is 16.4. The van der Waals surface area contributed by atoms with E-state index < -0.39 is 0 Å². The highest BCUT2D eigenvalue weighted by atomic mass is 16.6. The van der Waals surface area contributed by atoms with Crippen LogP contribution in [0.25, 0.3) is 0 Å². The summed E-state index contributed by atoms with van der Waals surface area (Å²) < 4.78 is 12.5. The standard InChI is InChI=1S/C20H30O3/c1-11(2)14-8-9-20(4,23-12(3)21)18-16-10-13-6-5-7-15(13)19(22-16)17(14)18/h11,14,16-19H,5-10H2,1-4H3/t14-,16-,17-,18-,19+,20-/m1/s1. The molecule has 0 radical (unpaired) electrons. The number of ether oxygens (including phenoxy) is 2. The lowest BCUT2D eigenvalue weighted by Crippen LogP contribution is -2.52. The Kier molecular flexibility index (Phi) is 3.64. The number of esters is 1. The van der Waals surface area contributed by atoms with Gasteiger partial charge in [0.2, 0.25) is 0 Å². The smallest absolute Gasteiger partial charge is 0.303 e. The Bertz CT molecular complexity index is 549. The van der Waals surface area contributed by atoms with Gasteiger partial charge < -0.3 is 9.47 Å². The molecule has 0 amide bonds. The molecule has 1 saturated heterocycles. The summed E-state index contributed by atoms with van der Waals surface area (Å²) in [5, 5.41) is 0. The highest BCUT2D eigenvalue weighted by molar-refractivity contribution is 5.66. The molecular formula is C20H30O3. The van der Waals surface area contributed by atoms with Gasteiger partial charge in [-0.1, -0.05) is 19.4 Å². The topological polar surface area (TPSA) is 35.5 Å². The lowest BCUT2D eigenvalue weighted by atomic mass is 9.59. The Balaban J connectivity index is 1.73. The number of rotatable bonds is 2. The Morgan fingerprint density at radius 1 is 1.35 bits per heavy atom. The molecule has 0 N–H and O–H groups in total. The van der Waals surface area contributed by atoms with Crippen molar-refractivity contribution in [2.45, 2.75) is 84.0 Å². The van der Waals surface area contributed by atoms with Crippen molar-refractivity contribution in [3.63, 3.8) is 0 Å². The Hall–Kier alpha value is -0.830. The van der Waals surface area contributed by atoms with E-state index in [-0.39, 0.29) is 17.7 Å². The molecule has 128 valence electrons. The van der Waals surface area contributed by atoms with Crippen LogP contribution in [0.1, 0.15) is 66.2 Å². The predicted molar refractivity (Wildman–Crippen MR) is 88.9 cm³/mol. The average molecular weight is 318 g/mol. The molecule has 3 heteroatoms. The van der Waals surface area contributed by atoms with Crippen molar-refractivity contribution in [1.82, 2.24) is 0 Å². The first-order chi connectivity index (χ1) is 10.9. The number of carbonyl (C=O) groups excluding carboxylic acids is 1. The monoisotopic (exact) mass is 318 g/mol. The Labute approximate surface area is 139 Å². The van der Waals surface area contributed by atoms with Gasteiger partial charge in [-0.15, -0.1) is 0 Å². The fourth-order valence-electron chi connectivity index (χ4n) is 6.27. The highest BCUT2D eigenvalue weighted by Gasteiger charge is 2.62. The molecule has 4 aliphatic rings. The summed E-state index contributed by atoms with van der Waals surface area (Å²) in [6.07, 6.45) is 7.57.